The van der Waals surface area contributed by atoms with E-state index in [-0.39, 0.29) is 12.1 Å². The van der Waals surface area contributed by atoms with Gasteiger partial charge in [0, 0.05) is 36.7 Å². The summed E-state index contributed by atoms with van der Waals surface area (Å²) in [5.74, 6) is -0.0166. The lowest BCUT2D eigenvalue weighted by molar-refractivity contribution is 0.169. The van der Waals surface area contributed by atoms with Crippen LogP contribution in [0.1, 0.15) is 23.7 Å². The highest BCUT2D eigenvalue weighted by Gasteiger charge is 2.16. The topological polar surface area (TPSA) is 50.7 Å². The van der Waals surface area contributed by atoms with E-state index in [9.17, 15) is 13.9 Å². The van der Waals surface area contributed by atoms with Gasteiger partial charge < -0.3 is 19.9 Å². The fraction of sp³-hybridized carbons (Fsp3) is 0.333. The molecular weight excluding hydrogens is 316 g/mol. The Labute approximate surface area is 139 Å². The molecule has 2 aromatic carbocycles. The Balaban J connectivity index is 1.62. The van der Waals surface area contributed by atoms with Crippen LogP contribution in [0.3, 0.4) is 0 Å². The van der Waals surface area contributed by atoms with Gasteiger partial charge in [-0.1, -0.05) is 18.2 Å². The van der Waals surface area contributed by atoms with E-state index in [4.69, 9.17) is 9.47 Å². The van der Waals surface area contributed by atoms with E-state index in [2.05, 4.69) is 5.32 Å². The van der Waals surface area contributed by atoms with Crippen LogP contribution in [0.4, 0.5) is 8.78 Å². The molecule has 0 aliphatic carbocycles. The molecule has 0 spiro atoms. The van der Waals surface area contributed by atoms with Crippen molar-refractivity contribution in [1.82, 2.24) is 5.32 Å². The first-order chi connectivity index (χ1) is 11.6. The Bertz CT molecular complexity index is 709. The Kier molecular flexibility index (Phi) is 5.27. The average molecular weight is 335 g/mol. The normalized spacial score (nSPS) is 15.0. The number of hydrogen-bond acceptors (Lipinski definition) is 4. The minimum atomic E-state index is -1.06. The second-order valence-electron chi connectivity index (χ2n) is 5.61. The van der Waals surface area contributed by atoms with Gasteiger partial charge in [0.25, 0.3) is 0 Å². The van der Waals surface area contributed by atoms with E-state index < -0.39 is 17.7 Å². The zero-order valence-electron chi connectivity index (χ0n) is 13.1. The smallest absolute Gasteiger partial charge is 0.165 e. The summed E-state index contributed by atoms with van der Waals surface area (Å²) in [6.45, 7) is 1.78. The highest BCUT2D eigenvalue weighted by Crippen LogP contribution is 2.33. The van der Waals surface area contributed by atoms with Crippen molar-refractivity contribution in [2.45, 2.75) is 19.1 Å². The predicted octanol–water partition coefficient (Wildman–Crippen LogP) is 2.95. The third-order valence-corrected chi connectivity index (χ3v) is 3.83. The lowest BCUT2D eigenvalue weighted by Crippen LogP contribution is -2.22. The van der Waals surface area contributed by atoms with Crippen LogP contribution in [0.25, 0.3) is 0 Å². The molecule has 1 aliphatic rings. The number of hydrogen-bond donors (Lipinski definition) is 2. The molecule has 6 heteroatoms. The van der Waals surface area contributed by atoms with Gasteiger partial charge in [-0.15, -0.1) is 0 Å². The maximum atomic E-state index is 13.7. The van der Waals surface area contributed by atoms with Gasteiger partial charge in [-0.3, -0.25) is 0 Å². The zero-order valence-corrected chi connectivity index (χ0v) is 13.1. The number of para-hydroxylation sites is 1. The molecule has 0 saturated carbocycles. The van der Waals surface area contributed by atoms with E-state index in [0.717, 1.165) is 24.1 Å². The van der Waals surface area contributed by atoms with Gasteiger partial charge in [0.1, 0.15) is 11.6 Å². The van der Waals surface area contributed by atoms with Crippen LogP contribution in [0.5, 0.6) is 11.5 Å². The predicted molar refractivity (Wildman–Crippen MR) is 85.1 cm³/mol. The summed E-state index contributed by atoms with van der Waals surface area (Å²) >= 11 is 0. The first-order valence-corrected chi connectivity index (χ1v) is 7.86. The van der Waals surface area contributed by atoms with Crippen LogP contribution in [0, 0.1) is 11.6 Å². The van der Waals surface area contributed by atoms with Crippen LogP contribution in [-0.2, 0) is 6.54 Å². The Hall–Kier alpha value is -2.18. The summed E-state index contributed by atoms with van der Waals surface area (Å²) in [7, 11) is 0. The van der Waals surface area contributed by atoms with E-state index in [1.54, 1.807) is 0 Å². The number of fused-ring (bicyclic) bond motifs is 1. The Morgan fingerprint density at radius 2 is 1.96 bits per heavy atom. The van der Waals surface area contributed by atoms with Crippen LogP contribution < -0.4 is 14.8 Å². The highest BCUT2D eigenvalue weighted by atomic mass is 19.1. The van der Waals surface area contributed by atoms with Gasteiger partial charge in [-0.25, -0.2) is 8.78 Å². The number of benzene rings is 2. The summed E-state index contributed by atoms with van der Waals surface area (Å²) in [6, 6.07) is 8.78. The molecule has 0 aromatic heterocycles. The Morgan fingerprint density at radius 3 is 2.79 bits per heavy atom. The second kappa shape index (κ2) is 7.59. The molecule has 24 heavy (non-hydrogen) atoms. The maximum Gasteiger partial charge on any atom is 0.165 e. The van der Waals surface area contributed by atoms with Crippen molar-refractivity contribution in [3.05, 3.63) is 59.2 Å². The van der Waals surface area contributed by atoms with Gasteiger partial charge in [0.15, 0.2) is 11.5 Å². The van der Waals surface area contributed by atoms with Gasteiger partial charge in [-0.05, 0) is 12.1 Å². The number of aliphatic hydroxyl groups is 1. The largest absolute Gasteiger partial charge is 0.490 e. The van der Waals surface area contributed by atoms with Gasteiger partial charge in [0.2, 0.25) is 0 Å². The fourth-order valence-corrected chi connectivity index (χ4v) is 2.62. The number of nitrogens with one attached hydrogen (secondary N) is 1. The van der Waals surface area contributed by atoms with E-state index in [1.165, 1.54) is 6.07 Å². The van der Waals surface area contributed by atoms with E-state index in [0.29, 0.717) is 31.3 Å². The maximum absolute atomic E-state index is 13.7. The molecule has 2 aromatic rings. The monoisotopic (exact) mass is 335 g/mol. The minimum absolute atomic E-state index is 0.0652. The summed E-state index contributed by atoms with van der Waals surface area (Å²) < 4.78 is 37.9. The van der Waals surface area contributed by atoms with Gasteiger partial charge >= 0.3 is 0 Å². The standard InChI is InChI=1S/C18H19F2NO3/c19-13-5-6-14(15(20)9-13)16(22)11-21-10-12-3-1-4-17-18(12)24-8-2-7-23-17/h1,3-6,9,16,21-22H,2,7-8,10-11H2/t16-/m0/s1. The molecule has 4 nitrogen and oxygen atoms in total. The molecule has 3 rings (SSSR count). The van der Waals surface area contributed by atoms with E-state index >= 15 is 0 Å². The van der Waals surface area contributed by atoms with Crippen molar-refractivity contribution in [3.8, 4) is 11.5 Å². The third-order valence-electron chi connectivity index (χ3n) is 3.83. The first-order valence-electron chi connectivity index (χ1n) is 7.86. The van der Waals surface area contributed by atoms with Crippen molar-refractivity contribution >= 4 is 0 Å². The lowest BCUT2D eigenvalue weighted by Gasteiger charge is -2.15. The van der Waals surface area contributed by atoms with Crippen LogP contribution in [0.15, 0.2) is 36.4 Å². The lowest BCUT2D eigenvalue weighted by atomic mass is 10.1. The van der Waals surface area contributed by atoms with Crippen LogP contribution in [0.2, 0.25) is 0 Å². The molecule has 0 unspecified atom stereocenters. The summed E-state index contributed by atoms with van der Waals surface area (Å²) in [4.78, 5) is 0. The van der Waals surface area contributed by atoms with Gasteiger partial charge in [0.05, 0.1) is 19.3 Å². The van der Waals surface area contributed by atoms with Gasteiger partial charge in [-0.2, -0.15) is 0 Å². The van der Waals surface area contributed by atoms with Crippen molar-refractivity contribution < 1.29 is 23.4 Å². The molecule has 0 radical (unpaired) electrons. The van der Waals surface area contributed by atoms with Crippen molar-refractivity contribution in [2.24, 2.45) is 0 Å². The summed E-state index contributed by atoms with van der Waals surface area (Å²) in [5, 5.41) is 13.1. The summed E-state index contributed by atoms with van der Waals surface area (Å²) in [6.07, 6.45) is -0.241. The highest BCUT2D eigenvalue weighted by molar-refractivity contribution is 5.47. The van der Waals surface area contributed by atoms with Crippen molar-refractivity contribution in [2.75, 3.05) is 19.8 Å². The third kappa shape index (κ3) is 3.83. The molecule has 128 valence electrons. The zero-order chi connectivity index (χ0) is 16.9. The Morgan fingerprint density at radius 1 is 1.12 bits per heavy atom. The minimum Gasteiger partial charge on any atom is -0.490 e. The molecule has 2 N–H and O–H groups in total. The summed E-state index contributed by atoms with van der Waals surface area (Å²) in [5.41, 5.74) is 0.969. The molecular formula is C18H19F2NO3. The molecule has 1 atom stereocenters. The molecule has 1 aliphatic heterocycles. The number of ether oxygens (including phenoxy) is 2. The van der Waals surface area contributed by atoms with E-state index in [1.807, 2.05) is 18.2 Å². The number of rotatable bonds is 5. The molecule has 0 bridgehead atoms. The van der Waals surface area contributed by atoms with Crippen molar-refractivity contribution in [3.63, 3.8) is 0 Å². The molecule has 1 heterocycles. The van der Waals surface area contributed by atoms with Crippen LogP contribution in [-0.4, -0.2) is 24.9 Å². The number of aliphatic hydroxyl groups excluding tert-OH is 1. The first kappa shape index (κ1) is 16.7. The average Bonchev–Trinajstić information content (AvgIpc) is 2.80. The number of halogens is 2. The van der Waals surface area contributed by atoms with Crippen molar-refractivity contribution in [1.29, 1.82) is 0 Å². The molecule has 0 saturated heterocycles. The SMILES string of the molecule is O[C@@H](CNCc1cccc2c1OCCCO2)c1ccc(F)cc1F. The quantitative estimate of drug-likeness (QED) is 0.882. The molecule has 0 fully saturated rings. The fourth-order valence-electron chi connectivity index (χ4n) is 2.62. The van der Waals surface area contributed by atoms with Crippen LogP contribution >= 0.6 is 0 Å². The second-order valence-corrected chi connectivity index (χ2v) is 5.61. The molecule has 0 amide bonds.